The molecule has 0 aliphatic carbocycles. The summed E-state index contributed by atoms with van der Waals surface area (Å²) >= 11 is 0. The van der Waals surface area contributed by atoms with Crippen LogP contribution in [0.3, 0.4) is 0 Å². The summed E-state index contributed by atoms with van der Waals surface area (Å²) in [7, 11) is 0. The smallest absolute Gasteiger partial charge is 0.243 e. The van der Waals surface area contributed by atoms with Crippen LogP contribution in [0.4, 0.5) is 0 Å². The molecule has 0 aromatic rings. The van der Waals surface area contributed by atoms with Crippen molar-refractivity contribution < 1.29 is 9.59 Å². The molecular formula is C8H12N2O2. The number of rotatable bonds is 5. The summed E-state index contributed by atoms with van der Waals surface area (Å²) in [5, 5.41) is 2.40. The highest BCUT2D eigenvalue weighted by atomic mass is 16.1. The molecule has 12 heavy (non-hydrogen) atoms. The fourth-order valence-electron chi connectivity index (χ4n) is 0.535. The molecule has 4 heteroatoms. The Bertz CT molecular complexity index is 211. The minimum Gasteiger partial charge on any atom is -0.351 e. The normalized spacial score (nSPS) is 11.4. The first-order valence-electron chi connectivity index (χ1n) is 3.44. The number of carbonyl (C=O) groups is 2. The third-order valence-corrected chi connectivity index (χ3v) is 1.25. The molecule has 0 saturated heterocycles. The van der Waals surface area contributed by atoms with Crippen molar-refractivity contribution in [2.45, 2.75) is 6.04 Å². The Morgan fingerprint density at radius 1 is 1.42 bits per heavy atom. The number of carbonyl (C=O) groups excluding carboxylic acids is 2. The van der Waals surface area contributed by atoms with Gasteiger partial charge in [-0.1, -0.05) is 13.2 Å². The average molecular weight is 168 g/mol. The second kappa shape index (κ2) is 5.26. The van der Waals surface area contributed by atoms with Gasteiger partial charge in [0.1, 0.15) is 0 Å². The quantitative estimate of drug-likeness (QED) is 0.537. The zero-order valence-corrected chi connectivity index (χ0v) is 6.75. The Hall–Kier alpha value is -1.42. The fourth-order valence-corrected chi connectivity index (χ4v) is 0.535. The van der Waals surface area contributed by atoms with Gasteiger partial charge in [-0.15, -0.1) is 0 Å². The zero-order valence-electron chi connectivity index (χ0n) is 6.75. The van der Waals surface area contributed by atoms with Crippen LogP contribution >= 0.6 is 0 Å². The molecule has 0 heterocycles. The van der Waals surface area contributed by atoms with E-state index >= 15 is 0 Å². The Balaban J connectivity index is 3.78. The number of nitrogens with one attached hydrogen (secondary N) is 1. The van der Waals surface area contributed by atoms with Crippen LogP contribution in [-0.2, 0) is 9.59 Å². The lowest BCUT2D eigenvalue weighted by Crippen LogP contribution is -2.41. The summed E-state index contributed by atoms with van der Waals surface area (Å²) in [6.45, 7) is 6.62. The van der Waals surface area contributed by atoms with Crippen LogP contribution in [0.2, 0.25) is 0 Å². The molecule has 66 valence electrons. The van der Waals surface area contributed by atoms with Crippen molar-refractivity contribution in [3.63, 3.8) is 0 Å². The minimum atomic E-state index is -0.716. The molecule has 0 bridgehead atoms. The van der Waals surface area contributed by atoms with Gasteiger partial charge in [-0.05, 0) is 12.2 Å². The van der Waals surface area contributed by atoms with Crippen molar-refractivity contribution in [2.75, 3.05) is 6.54 Å². The SMILES string of the molecule is C=CC(=O)NCC(N)C(=O)C=C. The van der Waals surface area contributed by atoms with E-state index in [1.54, 1.807) is 0 Å². The van der Waals surface area contributed by atoms with Crippen molar-refractivity contribution in [1.82, 2.24) is 5.32 Å². The molecule has 0 saturated carbocycles. The predicted molar refractivity (Wildman–Crippen MR) is 46.4 cm³/mol. The summed E-state index contributed by atoms with van der Waals surface area (Å²) in [5.74, 6) is -0.637. The molecule has 1 atom stereocenters. The Kier molecular flexibility index (Phi) is 4.64. The maximum Gasteiger partial charge on any atom is 0.243 e. The lowest BCUT2D eigenvalue weighted by molar-refractivity contribution is -0.117. The van der Waals surface area contributed by atoms with Gasteiger partial charge < -0.3 is 11.1 Å². The molecule has 0 rings (SSSR count). The van der Waals surface area contributed by atoms with E-state index in [1.807, 2.05) is 0 Å². The van der Waals surface area contributed by atoms with E-state index in [9.17, 15) is 9.59 Å². The summed E-state index contributed by atoms with van der Waals surface area (Å²) in [4.78, 5) is 21.4. The van der Waals surface area contributed by atoms with E-state index in [0.29, 0.717) is 0 Å². The van der Waals surface area contributed by atoms with Crippen LogP contribution in [0.25, 0.3) is 0 Å². The van der Waals surface area contributed by atoms with E-state index in [4.69, 9.17) is 5.73 Å². The van der Waals surface area contributed by atoms with Gasteiger partial charge in [-0.3, -0.25) is 9.59 Å². The van der Waals surface area contributed by atoms with Crippen molar-refractivity contribution >= 4 is 11.7 Å². The number of amides is 1. The van der Waals surface area contributed by atoms with E-state index in [1.165, 1.54) is 0 Å². The standard InChI is InChI=1S/C8H12N2O2/c1-3-7(11)6(9)5-10-8(12)4-2/h3-4,6H,1-2,5,9H2,(H,10,12). The van der Waals surface area contributed by atoms with Crippen LogP contribution in [0.5, 0.6) is 0 Å². The van der Waals surface area contributed by atoms with Crippen LogP contribution in [0.15, 0.2) is 25.3 Å². The Labute approximate surface area is 71.1 Å². The van der Waals surface area contributed by atoms with Gasteiger partial charge in [-0.25, -0.2) is 0 Å². The second-order valence-electron chi connectivity index (χ2n) is 2.16. The summed E-state index contributed by atoms with van der Waals surface area (Å²) in [6.07, 6.45) is 2.25. The first-order valence-corrected chi connectivity index (χ1v) is 3.44. The van der Waals surface area contributed by atoms with Crippen LogP contribution in [-0.4, -0.2) is 24.3 Å². The number of hydrogen-bond acceptors (Lipinski definition) is 3. The van der Waals surface area contributed by atoms with Crippen LogP contribution in [0, 0.1) is 0 Å². The molecule has 0 aromatic carbocycles. The van der Waals surface area contributed by atoms with Crippen molar-refractivity contribution in [2.24, 2.45) is 5.73 Å². The molecule has 1 amide bonds. The highest BCUT2D eigenvalue weighted by molar-refractivity contribution is 5.94. The molecule has 0 aliphatic heterocycles. The first kappa shape index (κ1) is 10.6. The predicted octanol–water partition coefficient (Wildman–Crippen LogP) is -0.629. The van der Waals surface area contributed by atoms with Gasteiger partial charge in [0, 0.05) is 6.54 Å². The third-order valence-electron chi connectivity index (χ3n) is 1.25. The second-order valence-corrected chi connectivity index (χ2v) is 2.16. The molecule has 3 N–H and O–H groups in total. The van der Waals surface area contributed by atoms with E-state index in [-0.39, 0.29) is 18.2 Å². The Morgan fingerprint density at radius 2 is 2.00 bits per heavy atom. The van der Waals surface area contributed by atoms with Crippen molar-refractivity contribution in [3.8, 4) is 0 Å². The van der Waals surface area contributed by atoms with Gasteiger partial charge in [0.2, 0.25) is 5.91 Å². The molecule has 0 radical (unpaired) electrons. The van der Waals surface area contributed by atoms with E-state index in [2.05, 4.69) is 18.5 Å². The monoisotopic (exact) mass is 168 g/mol. The summed E-state index contributed by atoms with van der Waals surface area (Å²) < 4.78 is 0. The number of hydrogen-bond donors (Lipinski definition) is 2. The Morgan fingerprint density at radius 3 is 2.42 bits per heavy atom. The average Bonchev–Trinajstić information content (AvgIpc) is 2.11. The molecule has 0 aromatic heterocycles. The summed E-state index contributed by atoms with van der Waals surface area (Å²) in [6, 6.07) is -0.716. The van der Waals surface area contributed by atoms with Crippen molar-refractivity contribution in [3.05, 3.63) is 25.3 Å². The fraction of sp³-hybridized carbons (Fsp3) is 0.250. The minimum absolute atomic E-state index is 0.107. The lowest BCUT2D eigenvalue weighted by Gasteiger charge is -2.07. The number of nitrogens with two attached hydrogens (primary N) is 1. The molecular weight excluding hydrogens is 156 g/mol. The molecule has 1 unspecified atom stereocenters. The van der Waals surface area contributed by atoms with Crippen molar-refractivity contribution in [1.29, 1.82) is 0 Å². The van der Waals surface area contributed by atoms with Gasteiger partial charge >= 0.3 is 0 Å². The van der Waals surface area contributed by atoms with Gasteiger partial charge in [-0.2, -0.15) is 0 Å². The molecule has 0 aliphatic rings. The van der Waals surface area contributed by atoms with Gasteiger partial charge in [0.25, 0.3) is 0 Å². The third kappa shape index (κ3) is 3.68. The largest absolute Gasteiger partial charge is 0.351 e. The number of ketones is 1. The molecule has 0 fully saturated rings. The maximum absolute atomic E-state index is 10.8. The zero-order chi connectivity index (χ0) is 9.56. The lowest BCUT2D eigenvalue weighted by atomic mass is 10.2. The van der Waals surface area contributed by atoms with Gasteiger partial charge in [0.05, 0.1) is 6.04 Å². The highest BCUT2D eigenvalue weighted by Crippen LogP contribution is 1.81. The summed E-state index contributed by atoms with van der Waals surface area (Å²) in [5.41, 5.74) is 5.36. The first-order chi connectivity index (χ1) is 5.61. The maximum atomic E-state index is 10.8. The van der Waals surface area contributed by atoms with E-state index < -0.39 is 6.04 Å². The van der Waals surface area contributed by atoms with E-state index in [0.717, 1.165) is 12.2 Å². The topological polar surface area (TPSA) is 72.2 Å². The van der Waals surface area contributed by atoms with Gasteiger partial charge in [0.15, 0.2) is 5.78 Å². The molecule has 4 nitrogen and oxygen atoms in total. The molecule has 0 spiro atoms. The highest BCUT2D eigenvalue weighted by Gasteiger charge is 2.09. The van der Waals surface area contributed by atoms with Crippen LogP contribution in [0.1, 0.15) is 0 Å². The van der Waals surface area contributed by atoms with Crippen LogP contribution < -0.4 is 11.1 Å².